The van der Waals surface area contributed by atoms with E-state index < -0.39 is 27.6 Å². The van der Waals surface area contributed by atoms with Crippen molar-refractivity contribution in [2.24, 2.45) is 0 Å². The van der Waals surface area contributed by atoms with Crippen LogP contribution in [-0.4, -0.2) is 49.7 Å². The second-order valence-electron chi connectivity index (χ2n) is 9.00. The summed E-state index contributed by atoms with van der Waals surface area (Å²) in [7, 11) is -2.50. The lowest BCUT2D eigenvalue weighted by Gasteiger charge is -2.47. The summed E-state index contributed by atoms with van der Waals surface area (Å²) >= 11 is 0. The SMILES string of the molecule is COc1cc2c(cc1S(=O)(=O)c1ccc(C)cc1)C(N1CCCCC1=O)C(O)C(C)(C)O2. The first-order valence-corrected chi connectivity index (χ1v) is 12.2. The maximum absolute atomic E-state index is 13.5. The number of hydrogen-bond acceptors (Lipinski definition) is 6. The monoisotopic (exact) mass is 459 g/mol. The number of benzene rings is 2. The largest absolute Gasteiger partial charge is 0.495 e. The summed E-state index contributed by atoms with van der Waals surface area (Å²) in [4.78, 5) is 14.5. The van der Waals surface area contributed by atoms with Crippen LogP contribution in [0.1, 0.15) is 50.3 Å². The van der Waals surface area contributed by atoms with Gasteiger partial charge in [0.25, 0.3) is 0 Å². The number of piperidine rings is 1. The number of carbonyl (C=O) groups excluding carboxylic acids is 1. The molecule has 2 atom stereocenters. The Hall–Kier alpha value is -2.58. The molecular weight excluding hydrogens is 430 g/mol. The molecule has 32 heavy (non-hydrogen) atoms. The molecule has 0 bridgehead atoms. The van der Waals surface area contributed by atoms with Gasteiger partial charge in [-0.25, -0.2) is 8.42 Å². The number of hydrogen-bond donors (Lipinski definition) is 1. The third-order valence-electron chi connectivity index (χ3n) is 6.32. The van der Waals surface area contributed by atoms with Crippen LogP contribution >= 0.6 is 0 Å². The maximum Gasteiger partial charge on any atom is 0.223 e. The first-order valence-electron chi connectivity index (χ1n) is 10.8. The quantitative estimate of drug-likeness (QED) is 0.753. The molecule has 4 rings (SSSR count). The van der Waals surface area contributed by atoms with Gasteiger partial charge >= 0.3 is 0 Å². The van der Waals surface area contributed by atoms with E-state index in [1.54, 1.807) is 49.1 Å². The minimum Gasteiger partial charge on any atom is -0.495 e. The van der Waals surface area contributed by atoms with Crippen LogP contribution < -0.4 is 9.47 Å². The predicted octanol–water partition coefficient (Wildman–Crippen LogP) is 3.42. The van der Waals surface area contributed by atoms with Crippen LogP contribution in [0.4, 0.5) is 0 Å². The van der Waals surface area contributed by atoms with Crippen molar-refractivity contribution in [3.05, 3.63) is 47.5 Å². The summed E-state index contributed by atoms with van der Waals surface area (Å²) in [5.74, 6) is 0.506. The van der Waals surface area contributed by atoms with E-state index in [4.69, 9.17) is 9.47 Å². The number of sulfone groups is 1. The highest BCUT2D eigenvalue weighted by molar-refractivity contribution is 7.91. The van der Waals surface area contributed by atoms with Crippen LogP contribution in [0.3, 0.4) is 0 Å². The lowest BCUT2D eigenvalue weighted by molar-refractivity contribution is -0.147. The smallest absolute Gasteiger partial charge is 0.223 e. The molecule has 1 fully saturated rings. The Kier molecular flexibility index (Phi) is 5.71. The highest BCUT2D eigenvalue weighted by Gasteiger charge is 2.48. The molecule has 2 heterocycles. The van der Waals surface area contributed by atoms with Gasteiger partial charge in [0.05, 0.1) is 18.0 Å². The average Bonchev–Trinajstić information content (AvgIpc) is 2.75. The molecule has 0 spiro atoms. The maximum atomic E-state index is 13.5. The lowest BCUT2D eigenvalue weighted by atomic mass is 9.84. The van der Waals surface area contributed by atoms with Gasteiger partial charge in [-0.15, -0.1) is 0 Å². The number of ether oxygens (including phenoxy) is 2. The highest BCUT2D eigenvalue weighted by atomic mass is 32.2. The fourth-order valence-corrected chi connectivity index (χ4v) is 5.88. The zero-order chi connectivity index (χ0) is 23.3. The summed E-state index contributed by atoms with van der Waals surface area (Å²) in [5.41, 5.74) is 0.444. The zero-order valence-corrected chi connectivity index (χ0v) is 19.6. The van der Waals surface area contributed by atoms with Crippen molar-refractivity contribution in [2.75, 3.05) is 13.7 Å². The van der Waals surface area contributed by atoms with E-state index in [1.807, 2.05) is 6.92 Å². The van der Waals surface area contributed by atoms with Crippen LogP contribution in [0.15, 0.2) is 46.2 Å². The summed E-state index contributed by atoms with van der Waals surface area (Å²) in [6.07, 6.45) is 1.02. The molecule has 7 nitrogen and oxygen atoms in total. The number of aliphatic hydroxyl groups excluding tert-OH is 1. The Morgan fingerprint density at radius 3 is 2.47 bits per heavy atom. The second kappa shape index (κ2) is 8.08. The Morgan fingerprint density at radius 2 is 1.84 bits per heavy atom. The topological polar surface area (TPSA) is 93.1 Å². The number of amides is 1. The van der Waals surface area contributed by atoms with Gasteiger partial charge in [0.1, 0.15) is 28.1 Å². The van der Waals surface area contributed by atoms with Gasteiger partial charge in [-0.2, -0.15) is 0 Å². The lowest BCUT2D eigenvalue weighted by Crippen LogP contribution is -2.55. The molecule has 2 aliphatic heterocycles. The molecule has 0 radical (unpaired) electrons. The minimum absolute atomic E-state index is 0.0208. The van der Waals surface area contributed by atoms with Crippen LogP contribution in [0.5, 0.6) is 11.5 Å². The Balaban J connectivity index is 1.91. The van der Waals surface area contributed by atoms with E-state index in [2.05, 4.69) is 0 Å². The number of carbonyl (C=O) groups is 1. The van der Waals surface area contributed by atoms with Crippen molar-refractivity contribution < 1.29 is 27.8 Å². The van der Waals surface area contributed by atoms with Crippen LogP contribution in [0, 0.1) is 6.92 Å². The molecule has 0 aliphatic carbocycles. The van der Waals surface area contributed by atoms with Crippen molar-refractivity contribution in [1.82, 2.24) is 4.90 Å². The normalized spacial score (nSPS) is 22.8. The van der Waals surface area contributed by atoms with Gasteiger partial charge in [0.2, 0.25) is 15.7 Å². The first kappa shape index (κ1) is 22.6. The van der Waals surface area contributed by atoms with Crippen molar-refractivity contribution in [3.8, 4) is 11.5 Å². The van der Waals surface area contributed by atoms with Crippen LogP contribution in [-0.2, 0) is 14.6 Å². The number of fused-ring (bicyclic) bond motifs is 1. The van der Waals surface area contributed by atoms with E-state index in [0.29, 0.717) is 24.3 Å². The molecule has 2 aromatic rings. The molecule has 0 aromatic heterocycles. The number of rotatable bonds is 4. The van der Waals surface area contributed by atoms with Crippen molar-refractivity contribution in [3.63, 3.8) is 0 Å². The summed E-state index contributed by atoms with van der Waals surface area (Å²) < 4.78 is 38.5. The van der Waals surface area contributed by atoms with Gasteiger partial charge in [-0.1, -0.05) is 17.7 Å². The molecule has 1 saturated heterocycles. The first-order chi connectivity index (χ1) is 15.1. The molecule has 172 valence electrons. The molecule has 2 aliphatic rings. The number of aryl methyl sites for hydroxylation is 1. The van der Waals surface area contributed by atoms with Gasteiger partial charge < -0.3 is 19.5 Å². The molecule has 1 amide bonds. The predicted molar refractivity (Wildman–Crippen MR) is 119 cm³/mol. The van der Waals surface area contributed by atoms with E-state index in [1.165, 1.54) is 13.2 Å². The Morgan fingerprint density at radius 1 is 1.16 bits per heavy atom. The van der Waals surface area contributed by atoms with E-state index in [-0.39, 0.29) is 21.4 Å². The highest BCUT2D eigenvalue weighted by Crippen LogP contribution is 2.47. The fourth-order valence-electron chi connectivity index (χ4n) is 4.44. The Labute approximate surface area is 188 Å². The number of aliphatic hydroxyl groups is 1. The second-order valence-corrected chi connectivity index (χ2v) is 10.9. The van der Waals surface area contributed by atoms with Gasteiger partial charge in [-0.3, -0.25) is 4.79 Å². The molecular formula is C24H29NO6S. The molecule has 0 saturated carbocycles. The summed E-state index contributed by atoms with van der Waals surface area (Å²) in [6, 6.07) is 8.93. The van der Waals surface area contributed by atoms with Gasteiger partial charge in [-0.05, 0) is 51.8 Å². The van der Waals surface area contributed by atoms with Gasteiger partial charge in [0.15, 0.2) is 0 Å². The standard InChI is InChI=1S/C24H29NO6S/c1-15-8-10-16(11-9-15)32(28,29)20-13-17-18(14-19(20)30-4)31-24(2,3)23(27)22(17)25-12-6-5-7-21(25)26/h8-11,13-14,22-23,27H,5-7,12H2,1-4H3. The molecule has 1 N–H and O–H groups in total. The van der Waals surface area contributed by atoms with Crippen molar-refractivity contribution in [1.29, 1.82) is 0 Å². The zero-order valence-electron chi connectivity index (χ0n) is 18.8. The Bertz CT molecular complexity index is 1140. The third kappa shape index (κ3) is 3.75. The minimum atomic E-state index is -3.91. The van der Waals surface area contributed by atoms with Crippen LogP contribution in [0.2, 0.25) is 0 Å². The summed E-state index contributed by atoms with van der Waals surface area (Å²) in [6.45, 7) is 5.90. The fraction of sp³-hybridized carbons (Fsp3) is 0.458. The third-order valence-corrected chi connectivity index (χ3v) is 8.11. The van der Waals surface area contributed by atoms with E-state index >= 15 is 0 Å². The van der Waals surface area contributed by atoms with E-state index in [9.17, 15) is 18.3 Å². The molecule has 8 heteroatoms. The molecule has 2 unspecified atom stereocenters. The molecule has 2 aromatic carbocycles. The summed E-state index contributed by atoms with van der Waals surface area (Å²) in [5, 5.41) is 11.2. The number of nitrogens with zero attached hydrogens (tertiary/aromatic N) is 1. The van der Waals surface area contributed by atoms with Crippen LogP contribution in [0.25, 0.3) is 0 Å². The van der Waals surface area contributed by atoms with Crippen molar-refractivity contribution >= 4 is 15.7 Å². The number of likely N-dealkylation sites (tertiary alicyclic amines) is 1. The van der Waals surface area contributed by atoms with Crippen molar-refractivity contribution in [2.45, 2.75) is 67.6 Å². The van der Waals surface area contributed by atoms with E-state index in [0.717, 1.165) is 18.4 Å². The average molecular weight is 460 g/mol. The number of methoxy groups -OCH3 is 1. The van der Waals surface area contributed by atoms with Gasteiger partial charge in [0, 0.05) is 24.6 Å².